The molecule has 0 aliphatic rings. The first-order valence-electron chi connectivity index (χ1n) is 8.73. The zero-order chi connectivity index (χ0) is 20.3. The van der Waals surface area contributed by atoms with E-state index in [2.05, 4.69) is 11.1 Å². The number of hydrogen-bond donors (Lipinski definition) is 0. The van der Waals surface area contributed by atoms with Gasteiger partial charge in [-0.1, -0.05) is 17.8 Å². The number of anilines is 1. The van der Waals surface area contributed by atoms with Crippen LogP contribution < -0.4 is 10.5 Å². The first-order chi connectivity index (χ1) is 13.4. The van der Waals surface area contributed by atoms with Crippen LogP contribution in [0, 0.1) is 25.2 Å². The minimum atomic E-state index is -0.120. The molecule has 0 bridgehead atoms. The molecule has 0 N–H and O–H groups in total. The lowest BCUT2D eigenvalue weighted by Crippen LogP contribution is -2.33. The van der Waals surface area contributed by atoms with Gasteiger partial charge in [-0.15, -0.1) is 11.3 Å². The van der Waals surface area contributed by atoms with Crippen molar-refractivity contribution in [3.63, 3.8) is 0 Å². The number of aromatic nitrogens is 2. The molecule has 2 heterocycles. The summed E-state index contributed by atoms with van der Waals surface area (Å²) in [4.78, 5) is 32.2. The molecule has 1 amide bonds. The van der Waals surface area contributed by atoms with Gasteiger partial charge in [0.05, 0.1) is 23.6 Å². The molecule has 3 aromatic rings. The zero-order valence-electron chi connectivity index (χ0n) is 15.9. The molecule has 0 unspecified atom stereocenters. The molecular weight excluding hydrogens is 392 g/mol. The molecule has 144 valence electrons. The van der Waals surface area contributed by atoms with E-state index < -0.39 is 0 Å². The van der Waals surface area contributed by atoms with Gasteiger partial charge in [-0.25, -0.2) is 4.98 Å². The van der Waals surface area contributed by atoms with Gasteiger partial charge >= 0.3 is 0 Å². The molecular formula is C20H20N4O2S2. The lowest BCUT2D eigenvalue weighted by Gasteiger charge is -2.23. The van der Waals surface area contributed by atoms with Crippen molar-refractivity contribution in [1.82, 2.24) is 9.55 Å². The van der Waals surface area contributed by atoms with Crippen molar-refractivity contribution in [2.45, 2.75) is 25.4 Å². The first kappa shape index (κ1) is 20.1. The summed E-state index contributed by atoms with van der Waals surface area (Å²) in [6, 6.07) is 9.79. The van der Waals surface area contributed by atoms with Crippen LogP contribution >= 0.6 is 23.1 Å². The van der Waals surface area contributed by atoms with Gasteiger partial charge in [0.25, 0.3) is 5.56 Å². The minimum Gasteiger partial charge on any atom is -0.311 e. The number of carbonyl (C=O) groups is 1. The van der Waals surface area contributed by atoms with Crippen LogP contribution in [0.4, 0.5) is 5.69 Å². The van der Waals surface area contributed by atoms with Crippen LogP contribution in [0.25, 0.3) is 10.2 Å². The highest BCUT2D eigenvalue weighted by molar-refractivity contribution is 7.99. The highest BCUT2D eigenvalue weighted by atomic mass is 32.2. The van der Waals surface area contributed by atoms with E-state index in [-0.39, 0.29) is 23.6 Å². The smallest absolute Gasteiger partial charge is 0.262 e. The predicted molar refractivity (Wildman–Crippen MR) is 114 cm³/mol. The van der Waals surface area contributed by atoms with Crippen molar-refractivity contribution >= 4 is 44.9 Å². The molecule has 6 nitrogen and oxygen atoms in total. The Labute approximate surface area is 171 Å². The normalized spacial score (nSPS) is 10.8. The third kappa shape index (κ3) is 4.26. The third-order valence-electron chi connectivity index (χ3n) is 4.26. The van der Waals surface area contributed by atoms with Crippen molar-refractivity contribution in [3.8, 4) is 6.07 Å². The highest BCUT2D eigenvalue weighted by Crippen LogP contribution is 2.23. The lowest BCUT2D eigenvalue weighted by atomic mass is 10.1. The fraction of sp³-hybridized carbons (Fsp3) is 0.300. The molecule has 0 aliphatic carbocycles. The molecule has 0 radical (unpaired) electrons. The summed E-state index contributed by atoms with van der Waals surface area (Å²) in [5.41, 5.74) is 2.79. The third-order valence-corrected chi connectivity index (χ3v) is 6.08. The molecule has 28 heavy (non-hydrogen) atoms. The molecule has 8 heteroatoms. The van der Waals surface area contributed by atoms with Gasteiger partial charge in [-0.3, -0.25) is 14.2 Å². The number of hydrogen-bond acceptors (Lipinski definition) is 6. The molecule has 2 aromatic heterocycles. The van der Waals surface area contributed by atoms with Gasteiger partial charge in [0, 0.05) is 19.3 Å². The standard InChI is InChI=1S/C20H20N4O2S2/c1-13-9-14(2)11-15(10-13)24(7-4-6-21)17(25)12-28-20-22-18-16(5-8-27-18)19(26)23(20)3/h5,8-11H,4,7,12H2,1-3H3. The molecule has 0 fully saturated rings. The minimum absolute atomic E-state index is 0.114. The van der Waals surface area contributed by atoms with Crippen molar-refractivity contribution in [3.05, 3.63) is 51.1 Å². The van der Waals surface area contributed by atoms with Crippen LogP contribution in [0.5, 0.6) is 0 Å². The number of thioether (sulfide) groups is 1. The highest BCUT2D eigenvalue weighted by Gasteiger charge is 2.18. The Balaban J connectivity index is 1.83. The Morgan fingerprint density at radius 3 is 2.71 bits per heavy atom. The Kier molecular flexibility index (Phi) is 6.17. The van der Waals surface area contributed by atoms with Crippen LogP contribution in [-0.2, 0) is 11.8 Å². The van der Waals surface area contributed by atoms with E-state index in [1.807, 2.05) is 37.4 Å². The van der Waals surface area contributed by atoms with Crippen molar-refractivity contribution in [1.29, 1.82) is 5.26 Å². The van der Waals surface area contributed by atoms with Crippen LogP contribution in [-0.4, -0.2) is 27.8 Å². The van der Waals surface area contributed by atoms with Gasteiger partial charge in [0.1, 0.15) is 4.83 Å². The first-order valence-corrected chi connectivity index (χ1v) is 10.6. The number of nitriles is 1. The molecule has 0 spiro atoms. The van der Waals surface area contributed by atoms with E-state index in [9.17, 15) is 9.59 Å². The number of carbonyl (C=O) groups excluding carboxylic acids is 1. The molecule has 0 aliphatic heterocycles. The summed E-state index contributed by atoms with van der Waals surface area (Å²) < 4.78 is 1.48. The van der Waals surface area contributed by atoms with Crippen LogP contribution in [0.2, 0.25) is 0 Å². The van der Waals surface area contributed by atoms with Crippen molar-refractivity contribution in [2.75, 3.05) is 17.2 Å². The van der Waals surface area contributed by atoms with Gasteiger partial charge < -0.3 is 4.90 Å². The van der Waals surface area contributed by atoms with Gasteiger partial charge in [-0.05, 0) is 48.6 Å². The average molecular weight is 413 g/mol. The van der Waals surface area contributed by atoms with Gasteiger partial charge in [0.2, 0.25) is 5.91 Å². The second-order valence-electron chi connectivity index (χ2n) is 6.49. The fourth-order valence-corrected chi connectivity index (χ4v) is 4.63. The molecule has 0 saturated heterocycles. The maximum absolute atomic E-state index is 12.9. The van der Waals surface area contributed by atoms with E-state index in [1.165, 1.54) is 27.7 Å². The molecule has 0 atom stereocenters. The van der Waals surface area contributed by atoms with Gasteiger partial charge in [0.15, 0.2) is 5.16 Å². The fourth-order valence-electron chi connectivity index (χ4n) is 2.98. The Morgan fingerprint density at radius 1 is 1.32 bits per heavy atom. The number of benzene rings is 1. The maximum atomic E-state index is 12.9. The van der Waals surface area contributed by atoms with Gasteiger partial charge in [-0.2, -0.15) is 5.26 Å². The molecule has 1 aromatic carbocycles. The summed E-state index contributed by atoms with van der Waals surface area (Å²) >= 11 is 2.64. The van der Waals surface area contributed by atoms with Crippen LogP contribution in [0.1, 0.15) is 17.5 Å². The monoisotopic (exact) mass is 412 g/mol. The number of aryl methyl sites for hydroxylation is 2. The second kappa shape index (κ2) is 8.59. The van der Waals surface area contributed by atoms with E-state index in [4.69, 9.17) is 5.26 Å². The number of amides is 1. The molecule has 0 saturated carbocycles. The summed E-state index contributed by atoms with van der Waals surface area (Å²) in [6.07, 6.45) is 0.251. The Bertz CT molecular complexity index is 1110. The topological polar surface area (TPSA) is 79.0 Å². The zero-order valence-corrected chi connectivity index (χ0v) is 17.6. The van der Waals surface area contributed by atoms with Crippen molar-refractivity contribution < 1.29 is 4.79 Å². The van der Waals surface area contributed by atoms with Crippen LogP contribution in [0.15, 0.2) is 39.6 Å². The largest absolute Gasteiger partial charge is 0.311 e. The Hall–Kier alpha value is -2.63. The SMILES string of the molecule is Cc1cc(C)cc(N(CCC#N)C(=O)CSc2nc3sccc3c(=O)n2C)c1. The van der Waals surface area contributed by atoms with Crippen molar-refractivity contribution in [2.24, 2.45) is 7.05 Å². The van der Waals surface area contributed by atoms with Crippen LogP contribution in [0.3, 0.4) is 0 Å². The quantitative estimate of drug-likeness (QED) is 0.456. The predicted octanol–water partition coefficient (Wildman–Crippen LogP) is 3.65. The Morgan fingerprint density at radius 2 is 2.04 bits per heavy atom. The summed E-state index contributed by atoms with van der Waals surface area (Å²) in [5.74, 6) is 0.0149. The number of rotatable bonds is 6. The number of nitrogens with zero attached hydrogens (tertiary/aromatic N) is 4. The summed E-state index contributed by atoms with van der Waals surface area (Å²) in [5, 5.41) is 11.9. The average Bonchev–Trinajstić information content (AvgIpc) is 3.11. The number of fused-ring (bicyclic) bond motifs is 1. The molecule has 3 rings (SSSR count). The summed E-state index contributed by atoms with van der Waals surface area (Å²) in [6.45, 7) is 4.29. The lowest BCUT2D eigenvalue weighted by molar-refractivity contribution is -0.116. The number of thiophene rings is 1. The van der Waals surface area contributed by atoms with E-state index in [0.717, 1.165) is 16.8 Å². The summed E-state index contributed by atoms with van der Waals surface area (Å²) in [7, 11) is 1.66. The second-order valence-corrected chi connectivity index (χ2v) is 8.32. The maximum Gasteiger partial charge on any atom is 0.262 e. The van der Waals surface area contributed by atoms with E-state index >= 15 is 0 Å². The van der Waals surface area contributed by atoms with E-state index in [1.54, 1.807) is 18.0 Å². The van der Waals surface area contributed by atoms with E-state index in [0.29, 0.717) is 21.9 Å².